The Morgan fingerprint density at radius 1 is 1.62 bits per heavy atom. The van der Waals surface area contributed by atoms with Crippen LogP contribution in [0.3, 0.4) is 0 Å². The second-order valence-electron chi connectivity index (χ2n) is 4.71. The quantitative estimate of drug-likeness (QED) is 0.506. The Morgan fingerprint density at radius 2 is 2.38 bits per heavy atom. The molecule has 0 radical (unpaired) electrons. The number of fused-ring (bicyclic) bond motifs is 1. The minimum atomic E-state index is -1.05. The Kier molecular flexibility index (Phi) is 3.37. The van der Waals surface area contributed by atoms with Gasteiger partial charge in [-0.3, -0.25) is 14.3 Å². The Labute approximate surface area is 118 Å². The topological polar surface area (TPSA) is 149 Å². The zero-order chi connectivity index (χ0) is 15.1. The predicted octanol–water partition coefficient (Wildman–Crippen LogP) is -2.03. The molecule has 0 saturated carbocycles. The third-order valence-electron chi connectivity index (χ3n) is 3.49. The summed E-state index contributed by atoms with van der Waals surface area (Å²) >= 11 is 0. The number of imidazole rings is 1. The van der Waals surface area contributed by atoms with E-state index in [4.69, 9.17) is 15.2 Å². The van der Waals surface area contributed by atoms with Crippen molar-refractivity contribution in [1.82, 2.24) is 19.5 Å². The van der Waals surface area contributed by atoms with E-state index in [0.717, 1.165) is 0 Å². The van der Waals surface area contributed by atoms with Crippen molar-refractivity contribution in [3.05, 3.63) is 16.7 Å². The van der Waals surface area contributed by atoms with Gasteiger partial charge in [0.05, 0.1) is 12.9 Å². The number of rotatable bonds is 3. The van der Waals surface area contributed by atoms with Crippen LogP contribution in [0.4, 0.5) is 5.95 Å². The zero-order valence-electron chi connectivity index (χ0n) is 11.1. The van der Waals surface area contributed by atoms with Crippen LogP contribution in [0.1, 0.15) is 6.23 Å². The van der Waals surface area contributed by atoms with Gasteiger partial charge in [0, 0.05) is 7.11 Å². The van der Waals surface area contributed by atoms with E-state index in [2.05, 4.69) is 15.0 Å². The molecule has 114 valence electrons. The summed E-state index contributed by atoms with van der Waals surface area (Å²) in [6, 6.07) is 0. The van der Waals surface area contributed by atoms with Crippen molar-refractivity contribution in [3.63, 3.8) is 0 Å². The van der Waals surface area contributed by atoms with E-state index in [-0.39, 0.29) is 23.7 Å². The van der Waals surface area contributed by atoms with Crippen LogP contribution in [0.15, 0.2) is 11.1 Å². The average Bonchev–Trinajstić information content (AvgIpc) is 2.99. The molecule has 2 aromatic rings. The van der Waals surface area contributed by atoms with Gasteiger partial charge >= 0.3 is 0 Å². The van der Waals surface area contributed by atoms with Crippen LogP contribution in [0.25, 0.3) is 11.2 Å². The second-order valence-corrected chi connectivity index (χ2v) is 4.71. The van der Waals surface area contributed by atoms with Crippen molar-refractivity contribution in [2.45, 2.75) is 24.5 Å². The number of hydrogen-bond donors (Lipinski definition) is 4. The molecule has 1 unspecified atom stereocenters. The summed E-state index contributed by atoms with van der Waals surface area (Å²) in [5.41, 5.74) is 5.31. The van der Waals surface area contributed by atoms with Gasteiger partial charge in [-0.2, -0.15) is 4.98 Å². The maximum absolute atomic E-state index is 11.7. The molecular formula is C11H15N5O5. The van der Waals surface area contributed by atoms with E-state index in [9.17, 15) is 15.0 Å². The maximum atomic E-state index is 11.7. The number of aliphatic hydroxyl groups is 2. The Balaban J connectivity index is 2.07. The molecule has 10 heteroatoms. The van der Waals surface area contributed by atoms with Gasteiger partial charge in [0.25, 0.3) is 5.56 Å². The van der Waals surface area contributed by atoms with Crippen LogP contribution in [0, 0.1) is 0 Å². The van der Waals surface area contributed by atoms with Crippen molar-refractivity contribution >= 4 is 17.1 Å². The maximum Gasteiger partial charge on any atom is 0.280 e. The van der Waals surface area contributed by atoms with E-state index in [0.29, 0.717) is 0 Å². The Hall–Kier alpha value is -2.01. The summed E-state index contributed by atoms with van der Waals surface area (Å²) in [6.45, 7) is -0.311. The van der Waals surface area contributed by atoms with Gasteiger partial charge in [0.15, 0.2) is 17.4 Å². The molecule has 0 aliphatic carbocycles. The highest BCUT2D eigenvalue weighted by Crippen LogP contribution is 2.32. The fourth-order valence-corrected chi connectivity index (χ4v) is 2.52. The van der Waals surface area contributed by atoms with E-state index >= 15 is 0 Å². The number of aliphatic hydroxyl groups excluding tert-OH is 2. The van der Waals surface area contributed by atoms with Crippen LogP contribution < -0.4 is 11.3 Å². The molecule has 0 spiro atoms. The van der Waals surface area contributed by atoms with Crippen molar-refractivity contribution < 1.29 is 19.7 Å². The summed E-state index contributed by atoms with van der Waals surface area (Å²) < 4.78 is 12.1. The summed E-state index contributed by atoms with van der Waals surface area (Å²) in [7, 11) is 1.41. The molecule has 0 amide bonds. The molecule has 0 bridgehead atoms. The van der Waals surface area contributed by atoms with Crippen LogP contribution in [0.5, 0.6) is 0 Å². The number of nitrogens with one attached hydrogen (secondary N) is 1. The number of H-pyrrole nitrogens is 1. The minimum Gasteiger partial charge on any atom is -0.394 e. The fourth-order valence-electron chi connectivity index (χ4n) is 2.52. The largest absolute Gasteiger partial charge is 0.394 e. The number of nitrogen functional groups attached to an aromatic ring is 1. The number of nitrogens with two attached hydrogens (primary N) is 1. The van der Waals surface area contributed by atoms with Crippen LogP contribution in [-0.2, 0) is 9.47 Å². The molecule has 5 N–H and O–H groups in total. The molecular weight excluding hydrogens is 282 g/mol. The molecule has 3 heterocycles. The second kappa shape index (κ2) is 5.07. The Bertz CT molecular complexity index is 713. The lowest BCUT2D eigenvalue weighted by Crippen LogP contribution is -2.35. The van der Waals surface area contributed by atoms with E-state index in [1.54, 1.807) is 0 Å². The van der Waals surface area contributed by atoms with E-state index in [1.165, 1.54) is 18.0 Å². The lowest BCUT2D eigenvalue weighted by Gasteiger charge is -2.17. The molecule has 10 nitrogen and oxygen atoms in total. The number of hydrogen-bond acceptors (Lipinski definition) is 8. The molecule has 2 aromatic heterocycles. The minimum absolute atomic E-state index is 0.0660. The smallest absolute Gasteiger partial charge is 0.280 e. The molecule has 1 aliphatic rings. The van der Waals surface area contributed by atoms with Crippen molar-refractivity contribution in [1.29, 1.82) is 0 Å². The first-order valence-electron chi connectivity index (χ1n) is 6.26. The molecule has 0 aromatic carbocycles. The first kappa shape index (κ1) is 13.9. The number of ether oxygens (including phenoxy) is 2. The summed E-state index contributed by atoms with van der Waals surface area (Å²) in [4.78, 5) is 22.0. The van der Waals surface area contributed by atoms with Gasteiger partial charge < -0.3 is 25.4 Å². The molecule has 21 heavy (non-hydrogen) atoms. The first-order valence-corrected chi connectivity index (χ1v) is 6.26. The molecule has 3 rings (SSSR count). The van der Waals surface area contributed by atoms with E-state index in [1.807, 2.05) is 0 Å². The van der Waals surface area contributed by atoms with Crippen molar-refractivity contribution in [2.24, 2.45) is 0 Å². The van der Waals surface area contributed by atoms with Crippen LogP contribution >= 0.6 is 0 Å². The van der Waals surface area contributed by atoms with Crippen LogP contribution in [-0.4, -0.2) is 61.8 Å². The molecule has 4 atom stereocenters. The summed E-state index contributed by atoms with van der Waals surface area (Å²) in [6.07, 6.45) is -1.99. The van der Waals surface area contributed by atoms with Crippen molar-refractivity contribution in [3.8, 4) is 0 Å². The number of nitrogens with zero attached hydrogens (tertiary/aromatic N) is 3. The summed E-state index contributed by atoms with van der Waals surface area (Å²) in [5.74, 6) is -0.0660. The standard InChI is InChI=1S/C11H15N5O5/c1-20-7-4(2-17)21-10(6(7)18)16-3-13-5-8(16)14-11(12)15-9(5)19/h3-4,6-7,10,17-18H,2H2,1H3,(H3,12,14,15,19)/t4-,6+,7?,10-/m1/s1. The monoisotopic (exact) mass is 297 g/mol. The van der Waals surface area contributed by atoms with E-state index < -0.39 is 30.1 Å². The van der Waals surface area contributed by atoms with Gasteiger partial charge in [-0.1, -0.05) is 0 Å². The third kappa shape index (κ3) is 2.08. The third-order valence-corrected chi connectivity index (χ3v) is 3.49. The van der Waals surface area contributed by atoms with Gasteiger partial charge in [-0.05, 0) is 0 Å². The molecule has 1 fully saturated rings. The molecule has 1 aliphatic heterocycles. The number of aromatic amines is 1. The van der Waals surface area contributed by atoms with Gasteiger partial charge in [0.1, 0.15) is 18.3 Å². The highest BCUT2D eigenvalue weighted by Gasteiger charge is 2.45. The first-order chi connectivity index (χ1) is 10.1. The normalized spacial score (nSPS) is 29.3. The number of methoxy groups -OCH3 is 1. The average molecular weight is 297 g/mol. The van der Waals surface area contributed by atoms with Gasteiger partial charge in [-0.25, -0.2) is 4.98 Å². The van der Waals surface area contributed by atoms with Gasteiger partial charge in [0.2, 0.25) is 5.95 Å². The lowest BCUT2D eigenvalue weighted by molar-refractivity contribution is -0.0535. The number of aromatic nitrogens is 4. The lowest BCUT2D eigenvalue weighted by atomic mass is 10.1. The molecule has 1 saturated heterocycles. The zero-order valence-corrected chi connectivity index (χ0v) is 11.1. The van der Waals surface area contributed by atoms with Crippen LogP contribution in [0.2, 0.25) is 0 Å². The highest BCUT2D eigenvalue weighted by molar-refractivity contribution is 5.70. The fraction of sp³-hybridized carbons (Fsp3) is 0.545. The van der Waals surface area contributed by atoms with Crippen molar-refractivity contribution in [2.75, 3.05) is 19.5 Å². The Morgan fingerprint density at radius 3 is 3.00 bits per heavy atom. The summed E-state index contributed by atoms with van der Waals surface area (Å²) in [5, 5.41) is 19.5. The number of anilines is 1. The predicted molar refractivity (Wildman–Crippen MR) is 70.4 cm³/mol. The highest BCUT2D eigenvalue weighted by atomic mass is 16.6. The van der Waals surface area contributed by atoms with Gasteiger partial charge in [-0.15, -0.1) is 0 Å². The SMILES string of the molecule is COC1[C@@H](CO)O[C@@H](n2cnc3c(=O)[nH]c(N)nc32)[C@H]1O.